The summed E-state index contributed by atoms with van der Waals surface area (Å²) >= 11 is 0. The van der Waals surface area contributed by atoms with Crippen LogP contribution in [0.5, 0.6) is 0 Å². The van der Waals surface area contributed by atoms with Gasteiger partial charge in [0.1, 0.15) is 5.82 Å². The largest absolute Gasteiger partial charge is 0.417 e. The van der Waals surface area contributed by atoms with Crippen molar-refractivity contribution in [1.29, 1.82) is 0 Å². The lowest BCUT2D eigenvalue weighted by Gasteiger charge is -2.44. The van der Waals surface area contributed by atoms with Crippen LogP contribution in [0.2, 0.25) is 0 Å². The van der Waals surface area contributed by atoms with E-state index in [-0.39, 0.29) is 29.0 Å². The number of nitrogens with zero attached hydrogens (tertiary/aromatic N) is 3. The van der Waals surface area contributed by atoms with Crippen molar-refractivity contribution >= 4 is 23.0 Å². The monoisotopic (exact) mass is 585 g/mol. The highest BCUT2D eigenvalue weighted by atomic mass is 19.4. The summed E-state index contributed by atoms with van der Waals surface area (Å²) in [6, 6.07) is 10.5. The Morgan fingerprint density at radius 2 is 1.69 bits per heavy atom. The van der Waals surface area contributed by atoms with Gasteiger partial charge in [-0.2, -0.15) is 13.2 Å². The average molecular weight is 586 g/mol. The van der Waals surface area contributed by atoms with E-state index in [1.165, 1.54) is 12.1 Å². The van der Waals surface area contributed by atoms with E-state index < -0.39 is 29.0 Å². The second kappa shape index (κ2) is 11.8. The van der Waals surface area contributed by atoms with Gasteiger partial charge >= 0.3 is 6.18 Å². The van der Waals surface area contributed by atoms with E-state index in [4.69, 9.17) is 4.74 Å². The number of alkyl halides is 3. The Morgan fingerprint density at radius 3 is 2.31 bits per heavy atom. The molecule has 42 heavy (non-hydrogen) atoms. The molecular weight excluding hydrogens is 550 g/mol. The summed E-state index contributed by atoms with van der Waals surface area (Å²) in [4.78, 5) is 19.7. The summed E-state index contributed by atoms with van der Waals surface area (Å²) < 4.78 is 62.7. The van der Waals surface area contributed by atoms with Crippen molar-refractivity contribution in [3.05, 3.63) is 77.9 Å². The van der Waals surface area contributed by atoms with Gasteiger partial charge in [-0.05, 0) is 56.8 Å². The lowest BCUT2D eigenvalue weighted by atomic mass is 9.99. The van der Waals surface area contributed by atoms with Crippen LogP contribution in [0.25, 0.3) is 11.1 Å². The molecule has 3 heterocycles. The van der Waals surface area contributed by atoms with Gasteiger partial charge in [-0.3, -0.25) is 9.69 Å². The van der Waals surface area contributed by atoms with Crippen molar-refractivity contribution in [1.82, 2.24) is 10.2 Å². The number of hydrogen-bond donors (Lipinski definition) is 2. The van der Waals surface area contributed by atoms with E-state index >= 15 is 4.39 Å². The molecule has 2 atom stereocenters. The van der Waals surface area contributed by atoms with Gasteiger partial charge in [0.15, 0.2) is 0 Å². The highest BCUT2D eigenvalue weighted by Crippen LogP contribution is 2.38. The lowest BCUT2D eigenvalue weighted by Crippen LogP contribution is -2.55. The van der Waals surface area contributed by atoms with Gasteiger partial charge in [-0.25, -0.2) is 4.39 Å². The number of hydrogen-bond acceptors (Lipinski definition) is 6. The smallest absolute Gasteiger partial charge is 0.378 e. The first-order chi connectivity index (χ1) is 19.9. The van der Waals surface area contributed by atoms with E-state index in [1.54, 1.807) is 12.1 Å². The molecule has 2 fully saturated rings. The first kappa shape index (κ1) is 29.7. The fourth-order valence-corrected chi connectivity index (χ4v) is 5.57. The number of carbonyl (C=O) groups excluding carboxylic acids is 1. The number of morpholine rings is 1. The number of nitrogens with one attached hydrogen (secondary N) is 2. The van der Waals surface area contributed by atoms with Gasteiger partial charge in [0.25, 0.3) is 5.91 Å². The summed E-state index contributed by atoms with van der Waals surface area (Å²) in [5.41, 5.74) is 0.764. The highest BCUT2D eigenvalue weighted by molar-refractivity contribution is 6.09. The van der Waals surface area contributed by atoms with Crippen LogP contribution in [0.3, 0.4) is 0 Å². The number of likely N-dealkylation sites (N-methyl/N-ethyl adjacent to an activating group) is 1. The number of anilines is 3. The van der Waals surface area contributed by atoms with E-state index in [2.05, 4.69) is 27.0 Å². The number of halogens is 4. The summed E-state index contributed by atoms with van der Waals surface area (Å²) in [7, 11) is 2.01. The highest BCUT2D eigenvalue weighted by Gasteiger charge is 2.40. The second-order valence-corrected chi connectivity index (χ2v) is 11.0. The van der Waals surface area contributed by atoms with Crippen molar-refractivity contribution in [3.63, 3.8) is 0 Å². The van der Waals surface area contributed by atoms with Crippen LogP contribution in [0.15, 0.2) is 72.1 Å². The number of rotatable bonds is 5. The Labute approximate surface area is 243 Å². The summed E-state index contributed by atoms with van der Waals surface area (Å²) in [6.07, 6.45) is -2.98. The molecule has 0 radical (unpaired) electrons. The standard InChI is InChI=1S/C31H35F4N5O2/c1-19-13-26(31(33,34)35)25(16-36-19)30(41)37-28-14-24(22-5-7-23(8-6-22)39-9-11-42-12-10-39)27(32)15-29(28)40-17-20(2)38(4)21(3)18-40/h5-8,13-16,20-21,36H,1,9-12,17-18H2,2-4H3,(H,37,41)/t20-,21+. The maximum atomic E-state index is 15.8. The molecule has 3 aliphatic heterocycles. The first-order valence-corrected chi connectivity index (χ1v) is 13.9. The number of dihydropyridines is 1. The molecule has 0 bridgehead atoms. The van der Waals surface area contributed by atoms with Gasteiger partial charge in [0.05, 0.1) is 35.7 Å². The Hall–Kier alpha value is -3.83. The molecule has 1 amide bonds. The fourth-order valence-electron chi connectivity index (χ4n) is 5.57. The van der Waals surface area contributed by atoms with Crippen LogP contribution in [0, 0.1) is 5.82 Å². The molecule has 11 heteroatoms. The molecule has 224 valence electrons. The van der Waals surface area contributed by atoms with Gasteiger partial charge in [0, 0.05) is 61.4 Å². The quantitative estimate of drug-likeness (QED) is 0.466. The number of amides is 1. The molecular formula is C31H35F4N5O2. The molecule has 0 unspecified atom stereocenters. The Kier molecular flexibility index (Phi) is 8.34. The van der Waals surface area contributed by atoms with Crippen LogP contribution in [0.1, 0.15) is 13.8 Å². The predicted molar refractivity (Wildman–Crippen MR) is 157 cm³/mol. The Bertz CT molecular complexity index is 1400. The van der Waals surface area contributed by atoms with Gasteiger partial charge in [-0.15, -0.1) is 0 Å². The summed E-state index contributed by atoms with van der Waals surface area (Å²) in [5.74, 6) is -1.46. The molecule has 2 aromatic rings. The zero-order chi connectivity index (χ0) is 30.2. The van der Waals surface area contributed by atoms with Crippen molar-refractivity contribution < 1.29 is 27.1 Å². The van der Waals surface area contributed by atoms with Gasteiger partial charge in [-0.1, -0.05) is 18.7 Å². The second-order valence-electron chi connectivity index (χ2n) is 11.0. The molecule has 2 aromatic carbocycles. The van der Waals surface area contributed by atoms with E-state index in [0.717, 1.165) is 31.1 Å². The summed E-state index contributed by atoms with van der Waals surface area (Å²) in [5, 5.41) is 5.27. The van der Waals surface area contributed by atoms with Crippen LogP contribution in [-0.2, 0) is 9.53 Å². The number of ether oxygens (including phenoxy) is 1. The van der Waals surface area contributed by atoms with E-state index in [0.29, 0.717) is 37.6 Å². The molecule has 2 N–H and O–H groups in total. The zero-order valence-corrected chi connectivity index (χ0v) is 23.9. The number of benzene rings is 2. The third-order valence-electron chi connectivity index (χ3n) is 8.15. The third-order valence-corrected chi connectivity index (χ3v) is 8.15. The van der Waals surface area contributed by atoms with Crippen LogP contribution >= 0.6 is 0 Å². The van der Waals surface area contributed by atoms with Crippen LogP contribution < -0.4 is 20.4 Å². The molecule has 0 saturated carbocycles. The topological polar surface area (TPSA) is 60.1 Å². The molecule has 2 saturated heterocycles. The molecule has 0 aliphatic carbocycles. The number of allylic oxidation sites excluding steroid dienone is 1. The third kappa shape index (κ3) is 6.17. The predicted octanol–water partition coefficient (Wildman–Crippen LogP) is 5.29. The molecule has 7 nitrogen and oxygen atoms in total. The molecule has 0 spiro atoms. The molecule has 0 aromatic heterocycles. The zero-order valence-electron chi connectivity index (χ0n) is 23.9. The molecule has 5 rings (SSSR count). The van der Waals surface area contributed by atoms with Crippen molar-refractivity contribution in [2.45, 2.75) is 32.1 Å². The van der Waals surface area contributed by atoms with Gasteiger partial charge < -0.3 is 25.2 Å². The Balaban J connectivity index is 1.52. The number of piperazine rings is 1. The van der Waals surface area contributed by atoms with Crippen LogP contribution in [-0.4, -0.2) is 75.5 Å². The maximum absolute atomic E-state index is 15.8. The van der Waals surface area contributed by atoms with Crippen molar-refractivity contribution in [2.75, 3.05) is 61.6 Å². The van der Waals surface area contributed by atoms with Gasteiger partial charge in [0.2, 0.25) is 0 Å². The normalized spacial score (nSPS) is 21.9. The lowest BCUT2D eigenvalue weighted by molar-refractivity contribution is -0.115. The van der Waals surface area contributed by atoms with E-state index in [9.17, 15) is 18.0 Å². The van der Waals surface area contributed by atoms with Crippen molar-refractivity contribution in [2.24, 2.45) is 0 Å². The minimum Gasteiger partial charge on any atom is -0.378 e. The first-order valence-electron chi connectivity index (χ1n) is 13.9. The maximum Gasteiger partial charge on any atom is 0.417 e. The number of carbonyl (C=O) groups is 1. The Morgan fingerprint density at radius 1 is 1.05 bits per heavy atom. The van der Waals surface area contributed by atoms with Crippen molar-refractivity contribution in [3.8, 4) is 11.1 Å². The molecule has 3 aliphatic rings. The van der Waals surface area contributed by atoms with E-state index in [1.807, 2.05) is 37.9 Å². The van der Waals surface area contributed by atoms with Crippen LogP contribution in [0.4, 0.5) is 34.6 Å². The summed E-state index contributed by atoms with van der Waals surface area (Å²) in [6.45, 7) is 11.5. The minimum absolute atomic E-state index is 0.0181. The average Bonchev–Trinajstić information content (AvgIpc) is 2.96. The minimum atomic E-state index is -4.77. The SMILES string of the molecule is C=C1C=C(C(F)(F)F)C(C(=O)Nc2cc(-c3ccc(N4CCOCC4)cc3)c(F)cc2N2C[C@@H](C)N(C)[C@@H](C)C2)=CN1. The fraction of sp³-hybridized carbons (Fsp3) is 0.387.